The summed E-state index contributed by atoms with van der Waals surface area (Å²) in [6.07, 6.45) is 0.375. The zero-order valence-corrected chi connectivity index (χ0v) is 10.9. The fourth-order valence-corrected chi connectivity index (χ4v) is 2.68. The van der Waals surface area contributed by atoms with Gasteiger partial charge in [0.25, 0.3) is 0 Å². The first kappa shape index (κ1) is 13.1. The molecule has 18 heavy (non-hydrogen) atoms. The van der Waals surface area contributed by atoms with Crippen LogP contribution in [0, 0.1) is 11.8 Å². The van der Waals surface area contributed by atoms with Crippen molar-refractivity contribution in [2.75, 3.05) is 33.3 Å². The Morgan fingerprint density at radius 1 is 1.39 bits per heavy atom. The summed E-state index contributed by atoms with van der Waals surface area (Å²) in [5.74, 6) is 0.689. The molecule has 6 nitrogen and oxygen atoms in total. The largest absolute Gasteiger partial charge is 0.453 e. The molecule has 0 aromatic carbocycles. The average molecular weight is 255 g/mol. The molecule has 1 unspecified atom stereocenters. The molecule has 2 N–H and O–H groups in total. The summed E-state index contributed by atoms with van der Waals surface area (Å²) in [4.78, 5) is 25.3. The predicted molar refractivity (Wildman–Crippen MR) is 66.0 cm³/mol. The summed E-state index contributed by atoms with van der Waals surface area (Å²) in [5.41, 5.74) is 0. The molecule has 2 amide bonds. The van der Waals surface area contributed by atoms with Gasteiger partial charge in [-0.3, -0.25) is 4.79 Å². The Bertz CT molecular complexity index is 335. The number of nitrogens with zero attached hydrogens (tertiary/aromatic N) is 1. The van der Waals surface area contributed by atoms with Crippen molar-refractivity contribution in [1.82, 2.24) is 15.5 Å². The molecule has 2 fully saturated rings. The van der Waals surface area contributed by atoms with E-state index in [1.54, 1.807) is 0 Å². The molecule has 2 rings (SSSR count). The minimum Gasteiger partial charge on any atom is -0.453 e. The molecule has 2 aliphatic heterocycles. The monoisotopic (exact) mass is 255 g/mol. The lowest BCUT2D eigenvalue weighted by Gasteiger charge is -2.22. The zero-order chi connectivity index (χ0) is 13.1. The second-order valence-electron chi connectivity index (χ2n) is 5.15. The van der Waals surface area contributed by atoms with Gasteiger partial charge < -0.3 is 20.3 Å². The Morgan fingerprint density at radius 2 is 2.17 bits per heavy atom. The topological polar surface area (TPSA) is 70.7 Å². The summed E-state index contributed by atoms with van der Waals surface area (Å²) in [7, 11) is 1.35. The molecular weight excluding hydrogens is 234 g/mol. The number of likely N-dealkylation sites (tertiary alicyclic amines) is 1. The number of carbonyl (C=O) groups excluding carboxylic acids is 2. The molecule has 0 spiro atoms. The summed E-state index contributed by atoms with van der Waals surface area (Å²) >= 11 is 0. The molecule has 2 saturated heterocycles. The fraction of sp³-hybridized carbons (Fsp3) is 0.833. The van der Waals surface area contributed by atoms with E-state index in [0.717, 1.165) is 26.1 Å². The molecule has 0 aliphatic carbocycles. The maximum atomic E-state index is 12.3. The number of methoxy groups -OCH3 is 1. The van der Waals surface area contributed by atoms with Crippen LogP contribution in [0.25, 0.3) is 0 Å². The van der Waals surface area contributed by atoms with Gasteiger partial charge in [0, 0.05) is 19.6 Å². The lowest BCUT2D eigenvalue weighted by Crippen LogP contribution is -2.41. The Balaban J connectivity index is 1.84. The highest BCUT2D eigenvalue weighted by atomic mass is 16.5. The smallest absolute Gasteiger partial charge is 0.407 e. The van der Waals surface area contributed by atoms with Crippen LogP contribution >= 0.6 is 0 Å². The minimum absolute atomic E-state index is 0.0195. The van der Waals surface area contributed by atoms with Crippen LogP contribution in [0.1, 0.15) is 13.3 Å². The van der Waals surface area contributed by atoms with Gasteiger partial charge in [-0.1, -0.05) is 6.92 Å². The van der Waals surface area contributed by atoms with Crippen LogP contribution < -0.4 is 10.6 Å². The van der Waals surface area contributed by atoms with E-state index >= 15 is 0 Å². The third kappa shape index (κ3) is 2.75. The van der Waals surface area contributed by atoms with Crippen molar-refractivity contribution in [1.29, 1.82) is 0 Å². The highest BCUT2D eigenvalue weighted by molar-refractivity contribution is 5.80. The maximum absolute atomic E-state index is 12.3. The van der Waals surface area contributed by atoms with Gasteiger partial charge in [0.1, 0.15) is 0 Å². The first-order valence-electron chi connectivity index (χ1n) is 6.45. The van der Waals surface area contributed by atoms with Crippen LogP contribution in [-0.2, 0) is 9.53 Å². The van der Waals surface area contributed by atoms with Crippen LogP contribution in [0.2, 0.25) is 0 Å². The van der Waals surface area contributed by atoms with Gasteiger partial charge in [-0.05, 0) is 18.9 Å². The van der Waals surface area contributed by atoms with Gasteiger partial charge in [-0.25, -0.2) is 4.79 Å². The maximum Gasteiger partial charge on any atom is 0.407 e. The number of hydrogen-bond donors (Lipinski definition) is 2. The van der Waals surface area contributed by atoms with Crippen molar-refractivity contribution < 1.29 is 14.3 Å². The molecule has 0 aromatic heterocycles. The lowest BCUT2D eigenvalue weighted by atomic mass is 9.97. The first-order chi connectivity index (χ1) is 8.61. The van der Waals surface area contributed by atoms with Gasteiger partial charge >= 0.3 is 6.09 Å². The van der Waals surface area contributed by atoms with Crippen molar-refractivity contribution in [2.45, 2.75) is 19.4 Å². The highest BCUT2D eigenvalue weighted by Gasteiger charge is 2.36. The Kier molecular flexibility index (Phi) is 4.06. The van der Waals surface area contributed by atoms with E-state index in [2.05, 4.69) is 22.3 Å². The zero-order valence-electron chi connectivity index (χ0n) is 10.9. The van der Waals surface area contributed by atoms with Crippen molar-refractivity contribution in [3.05, 3.63) is 0 Å². The van der Waals surface area contributed by atoms with Crippen LogP contribution in [0.15, 0.2) is 0 Å². The number of carbonyl (C=O) groups is 2. The van der Waals surface area contributed by atoms with Crippen molar-refractivity contribution in [3.8, 4) is 0 Å². The van der Waals surface area contributed by atoms with E-state index in [4.69, 9.17) is 0 Å². The predicted octanol–water partition coefficient (Wildman–Crippen LogP) is -0.201. The minimum atomic E-state index is -0.426. The summed E-state index contributed by atoms with van der Waals surface area (Å²) < 4.78 is 4.56. The molecule has 6 heteroatoms. The average Bonchev–Trinajstić information content (AvgIpc) is 2.97. The summed E-state index contributed by atoms with van der Waals surface area (Å²) in [6.45, 7) is 5.09. The number of rotatable bonds is 2. The molecule has 3 atom stereocenters. The van der Waals surface area contributed by atoms with E-state index in [0.29, 0.717) is 12.5 Å². The Hall–Kier alpha value is -1.30. The first-order valence-corrected chi connectivity index (χ1v) is 6.45. The second-order valence-corrected chi connectivity index (χ2v) is 5.15. The Labute approximate surface area is 107 Å². The SMILES string of the molecule is COC(=O)NC1CCN(C(=O)[C@@H]2CNC[C@H]2C)C1. The molecule has 102 valence electrons. The number of ether oxygens (including phenoxy) is 1. The third-order valence-electron chi connectivity index (χ3n) is 3.84. The molecule has 0 aromatic rings. The molecule has 2 aliphatic rings. The van der Waals surface area contributed by atoms with Gasteiger partial charge in [0.15, 0.2) is 0 Å². The van der Waals surface area contributed by atoms with Crippen molar-refractivity contribution in [2.24, 2.45) is 11.8 Å². The number of alkyl carbamates (subject to hydrolysis) is 1. The quantitative estimate of drug-likeness (QED) is 0.717. The van der Waals surface area contributed by atoms with E-state index in [9.17, 15) is 9.59 Å². The summed E-state index contributed by atoms with van der Waals surface area (Å²) in [5, 5.41) is 5.99. The van der Waals surface area contributed by atoms with Crippen LogP contribution in [0.5, 0.6) is 0 Å². The van der Waals surface area contributed by atoms with Crippen LogP contribution in [0.3, 0.4) is 0 Å². The van der Waals surface area contributed by atoms with E-state index in [1.165, 1.54) is 7.11 Å². The van der Waals surface area contributed by atoms with Crippen LogP contribution in [-0.4, -0.2) is 56.2 Å². The second kappa shape index (κ2) is 5.56. The fourth-order valence-electron chi connectivity index (χ4n) is 2.68. The van der Waals surface area contributed by atoms with Gasteiger partial charge in [-0.15, -0.1) is 0 Å². The number of nitrogens with one attached hydrogen (secondary N) is 2. The van der Waals surface area contributed by atoms with E-state index in [1.807, 2.05) is 4.90 Å². The summed E-state index contributed by atoms with van der Waals surface area (Å²) in [6, 6.07) is 0.0195. The molecule has 0 radical (unpaired) electrons. The van der Waals surface area contributed by atoms with E-state index in [-0.39, 0.29) is 17.9 Å². The highest BCUT2D eigenvalue weighted by Crippen LogP contribution is 2.21. The Morgan fingerprint density at radius 3 is 2.78 bits per heavy atom. The van der Waals surface area contributed by atoms with Crippen LogP contribution in [0.4, 0.5) is 4.79 Å². The molecule has 0 bridgehead atoms. The molecule has 2 heterocycles. The number of amides is 2. The van der Waals surface area contributed by atoms with Gasteiger partial charge in [-0.2, -0.15) is 0 Å². The molecule has 0 saturated carbocycles. The van der Waals surface area contributed by atoms with Gasteiger partial charge in [0.2, 0.25) is 5.91 Å². The normalized spacial score (nSPS) is 31.4. The van der Waals surface area contributed by atoms with Crippen molar-refractivity contribution in [3.63, 3.8) is 0 Å². The van der Waals surface area contributed by atoms with Crippen molar-refractivity contribution >= 4 is 12.0 Å². The third-order valence-corrected chi connectivity index (χ3v) is 3.84. The molecular formula is C12H21N3O3. The lowest BCUT2D eigenvalue weighted by molar-refractivity contribution is -0.134. The number of hydrogen-bond acceptors (Lipinski definition) is 4. The van der Waals surface area contributed by atoms with E-state index < -0.39 is 6.09 Å². The standard InChI is InChI=1S/C12H21N3O3/c1-8-5-13-6-10(8)11(16)15-4-3-9(7-15)14-12(17)18-2/h8-10,13H,3-7H2,1-2H3,(H,14,17)/t8-,9?,10-/m1/s1. The van der Waals surface area contributed by atoms with Gasteiger partial charge in [0.05, 0.1) is 19.1 Å².